The van der Waals surface area contributed by atoms with Gasteiger partial charge in [0.1, 0.15) is 5.69 Å². The van der Waals surface area contributed by atoms with E-state index in [1.807, 2.05) is 0 Å². The van der Waals surface area contributed by atoms with Gasteiger partial charge in [0.05, 0.1) is 27.7 Å². The zero-order chi connectivity index (χ0) is 23.0. The molecular formula is C19H20N4O8. The Hall–Kier alpha value is -4.06. The molecule has 0 aliphatic heterocycles. The molecule has 0 aromatic heterocycles. The summed E-state index contributed by atoms with van der Waals surface area (Å²) >= 11 is 0. The van der Waals surface area contributed by atoms with Crippen LogP contribution in [0.5, 0.6) is 0 Å². The number of carbonyl (C=O) groups excluding carboxylic acids is 2. The monoisotopic (exact) mass is 432 g/mol. The Morgan fingerprint density at radius 3 is 2.42 bits per heavy atom. The van der Waals surface area contributed by atoms with Gasteiger partial charge in [-0.1, -0.05) is 6.07 Å². The number of esters is 1. The average molecular weight is 432 g/mol. The van der Waals surface area contributed by atoms with Crippen molar-refractivity contribution < 1.29 is 28.9 Å². The second-order valence-corrected chi connectivity index (χ2v) is 6.29. The van der Waals surface area contributed by atoms with Crippen molar-refractivity contribution in [2.75, 3.05) is 37.5 Å². The minimum atomic E-state index is -0.933. The first-order valence-corrected chi connectivity index (χ1v) is 8.96. The van der Waals surface area contributed by atoms with Gasteiger partial charge in [-0.3, -0.25) is 25.0 Å². The van der Waals surface area contributed by atoms with Gasteiger partial charge < -0.3 is 20.1 Å². The van der Waals surface area contributed by atoms with Crippen molar-refractivity contribution in [1.29, 1.82) is 0 Å². The molecule has 2 N–H and O–H groups in total. The van der Waals surface area contributed by atoms with E-state index in [1.165, 1.54) is 37.4 Å². The van der Waals surface area contributed by atoms with Crippen molar-refractivity contribution in [2.45, 2.75) is 6.92 Å². The number of nitro benzene ring substituents is 2. The van der Waals surface area contributed by atoms with Crippen molar-refractivity contribution >= 4 is 34.6 Å². The van der Waals surface area contributed by atoms with E-state index in [0.717, 1.165) is 6.07 Å². The third-order valence-corrected chi connectivity index (χ3v) is 4.09. The molecule has 0 aliphatic carbocycles. The van der Waals surface area contributed by atoms with E-state index in [9.17, 15) is 29.8 Å². The molecular weight excluding hydrogens is 412 g/mol. The summed E-state index contributed by atoms with van der Waals surface area (Å²) in [5, 5.41) is 27.4. The van der Waals surface area contributed by atoms with Crippen molar-refractivity contribution in [3.8, 4) is 0 Å². The summed E-state index contributed by atoms with van der Waals surface area (Å²) in [7, 11) is 1.49. The van der Waals surface area contributed by atoms with Gasteiger partial charge in [0.15, 0.2) is 6.61 Å². The number of nitrogens with zero attached hydrogens (tertiary/aromatic N) is 2. The third kappa shape index (κ3) is 6.47. The molecule has 31 heavy (non-hydrogen) atoms. The fourth-order valence-electron chi connectivity index (χ4n) is 2.51. The summed E-state index contributed by atoms with van der Waals surface area (Å²) in [5.41, 5.74) is 0.349. The second kappa shape index (κ2) is 10.6. The Bertz CT molecular complexity index is 1010. The largest absolute Gasteiger partial charge is 0.452 e. The number of hydrogen-bond donors (Lipinski definition) is 2. The summed E-state index contributed by atoms with van der Waals surface area (Å²) in [6, 6.07) is 7.69. The van der Waals surface area contributed by atoms with Crippen LogP contribution in [0.2, 0.25) is 0 Å². The van der Waals surface area contributed by atoms with Crippen LogP contribution in [0.3, 0.4) is 0 Å². The summed E-state index contributed by atoms with van der Waals surface area (Å²) in [6.07, 6.45) is 0. The Balaban J connectivity index is 2.03. The van der Waals surface area contributed by atoms with Crippen molar-refractivity contribution in [2.24, 2.45) is 0 Å². The molecule has 1 amide bonds. The molecule has 0 aliphatic rings. The number of rotatable bonds is 10. The molecule has 0 unspecified atom stereocenters. The smallest absolute Gasteiger partial charge is 0.338 e. The molecule has 0 fully saturated rings. The minimum Gasteiger partial charge on any atom is -0.452 e. The van der Waals surface area contributed by atoms with Gasteiger partial charge in [-0.2, -0.15) is 0 Å². The predicted octanol–water partition coefficient (Wildman–Crippen LogP) is 2.67. The fourth-order valence-corrected chi connectivity index (χ4v) is 2.51. The van der Waals surface area contributed by atoms with Crippen molar-refractivity contribution in [1.82, 2.24) is 0 Å². The quantitative estimate of drug-likeness (QED) is 0.249. The number of anilines is 2. The molecule has 0 saturated heterocycles. The third-order valence-electron chi connectivity index (χ3n) is 4.09. The number of aryl methyl sites for hydroxylation is 1. The predicted molar refractivity (Wildman–Crippen MR) is 110 cm³/mol. The topological polar surface area (TPSA) is 163 Å². The minimum absolute atomic E-state index is 0.108. The molecule has 2 aromatic carbocycles. The highest BCUT2D eigenvalue weighted by atomic mass is 16.6. The van der Waals surface area contributed by atoms with Crippen molar-refractivity contribution in [3.05, 3.63) is 67.8 Å². The standard InChI is InChI=1S/C19H20N4O8/c1-12-3-5-14(22(26)27)10-16(12)21-18(24)11-31-19(25)13-4-6-15(20-7-8-30-2)17(9-13)23(28)29/h3-6,9-10,20H,7-8,11H2,1-2H3,(H,21,24). The Labute approximate surface area is 176 Å². The lowest BCUT2D eigenvalue weighted by Crippen LogP contribution is -2.21. The number of ether oxygens (including phenoxy) is 2. The lowest BCUT2D eigenvalue weighted by molar-refractivity contribution is -0.384. The molecule has 0 atom stereocenters. The first-order valence-electron chi connectivity index (χ1n) is 8.96. The zero-order valence-electron chi connectivity index (χ0n) is 16.7. The molecule has 2 rings (SSSR count). The highest BCUT2D eigenvalue weighted by Gasteiger charge is 2.19. The number of hydrogen-bond acceptors (Lipinski definition) is 9. The number of nitro groups is 2. The maximum Gasteiger partial charge on any atom is 0.338 e. The van der Waals surface area contributed by atoms with Crippen LogP contribution in [-0.2, 0) is 14.3 Å². The van der Waals surface area contributed by atoms with E-state index >= 15 is 0 Å². The van der Waals surface area contributed by atoms with Crippen LogP contribution in [0.15, 0.2) is 36.4 Å². The number of benzene rings is 2. The van der Waals surface area contributed by atoms with Gasteiger partial charge in [-0.25, -0.2) is 4.79 Å². The van der Waals surface area contributed by atoms with Gasteiger partial charge in [-0.05, 0) is 24.6 Å². The molecule has 12 heteroatoms. The van der Waals surface area contributed by atoms with Crippen molar-refractivity contribution in [3.63, 3.8) is 0 Å². The Morgan fingerprint density at radius 2 is 1.77 bits per heavy atom. The van der Waals surface area contributed by atoms with E-state index in [2.05, 4.69) is 10.6 Å². The van der Waals surface area contributed by atoms with Gasteiger partial charge in [0, 0.05) is 31.9 Å². The molecule has 0 saturated carbocycles. The highest BCUT2D eigenvalue weighted by Crippen LogP contribution is 2.26. The van der Waals surface area contributed by atoms with E-state index in [0.29, 0.717) is 18.7 Å². The first-order chi connectivity index (χ1) is 14.7. The van der Waals surface area contributed by atoms with Crippen LogP contribution in [0, 0.1) is 27.2 Å². The SMILES string of the molecule is COCCNc1ccc(C(=O)OCC(=O)Nc2cc([N+](=O)[O-])ccc2C)cc1[N+](=O)[O-]. The van der Waals surface area contributed by atoms with Gasteiger partial charge >= 0.3 is 5.97 Å². The molecule has 0 spiro atoms. The molecule has 164 valence electrons. The van der Waals surface area contributed by atoms with Crippen LogP contribution in [0.1, 0.15) is 15.9 Å². The number of nitrogens with one attached hydrogen (secondary N) is 2. The van der Waals surface area contributed by atoms with Crippen LogP contribution < -0.4 is 10.6 Å². The number of methoxy groups -OCH3 is 1. The molecule has 2 aromatic rings. The summed E-state index contributed by atoms with van der Waals surface area (Å²) in [4.78, 5) is 45.2. The lowest BCUT2D eigenvalue weighted by atomic mass is 10.1. The van der Waals surface area contributed by atoms with Crippen LogP contribution in [0.25, 0.3) is 0 Å². The van der Waals surface area contributed by atoms with Gasteiger partial charge in [0.25, 0.3) is 17.3 Å². The molecule has 0 radical (unpaired) electrons. The van der Waals surface area contributed by atoms with Crippen LogP contribution in [0.4, 0.5) is 22.7 Å². The van der Waals surface area contributed by atoms with Gasteiger partial charge in [0.2, 0.25) is 0 Å². The fraction of sp³-hybridized carbons (Fsp3) is 0.263. The maximum atomic E-state index is 12.2. The maximum absolute atomic E-state index is 12.2. The van der Waals surface area contributed by atoms with Gasteiger partial charge in [-0.15, -0.1) is 0 Å². The summed E-state index contributed by atoms with van der Waals surface area (Å²) < 4.78 is 9.78. The normalized spacial score (nSPS) is 10.3. The van der Waals surface area contributed by atoms with E-state index in [4.69, 9.17) is 9.47 Å². The van der Waals surface area contributed by atoms with Crippen LogP contribution >= 0.6 is 0 Å². The summed E-state index contributed by atoms with van der Waals surface area (Å²) in [6.45, 7) is 1.63. The number of non-ortho nitro benzene ring substituents is 1. The van der Waals surface area contributed by atoms with E-state index < -0.39 is 28.3 Å². The Morgan fingerprint density at radius 1 is 1.03 bits per heavy atom. The average Bonchev–Trinajstić information content (AvgIpc) is 2.73. The molecule has 12 nitrogen and oxygen atoms in total. The lowest BCUT2D eigenvalue weighted by Gasteiger charge is -2.10. The second-order valence-electron chi connectivity index (χ2n) is 6.29. The van der Waals surface area contributed by atoms with E-state index in [-0.39, 0.29) is 28.3 Å². The molecule has 0 heterocycles. The Kier molecular flexibility index (Phi) is 7.97. The first kappa shape index (κ1) is 23.2. The molecule has 0 bridgehead atoms. The number of amides is 1. The van der Waals surface area contributed by atoms with Crippen LogP contribution in [-0.4, -0.2) is 48.6 Å². The van der Waals surface area contributed by atoms with E-state index in [1.54, 1.807) is 6.92 Å². The summed E-state index contributed by atoms with van der Waals surface area (Å²) in [5.74, 6) is -1.65. The number of carbonyl (C=O) groups is 2. The zero-order valence-corrected chi connectivity index (χ0v) is 16.7. The highest BCUT2D eigenvalue weighted by molar-refractivity contribution is 5.96.